The average Bonchev–Trinajstić information content (AvgIpc) is 3.49. The van der Waals surface area contributed by atoms with E-state index >= 15 is 0 Å². The molecule has 0 spiro atoms. The highest BCUT2D eigenvalue weighted by atomic mass is 35.5. The van der Waals surface area contributed by atoms with Gasteiger partial charge in [-0.2, -0.15) is 9.67 Å². The summed E-state index contributed by atoms with van der Waals surface area (Å²) >= 11 is 12.5. The van der Waals surface area contributed by atoms with E-state index in [9.17, 15) is 14.0 Å². The summed E-state index contributed by atoms with van der Waals surface area (Å²) in [7, 11) is 0. The van der Waals surface area contributed by atoms with Gasteiger partial charge in [-0.15, -0.1) is 4.73 Å². The second-order valence-corrected chi connectivity index (χ2v) is 11.4. The Morgan fingerprint density at radius 1 is 1.18 bits per heavy atom. The summed E-state index contributed by atoms with van der Waals surface area (Å²) in [5.74, 6) is -0.685. The average molecular weight is 591 g/mol. The molecule has 1 saturated heterocycles. The Balaban J connectivity index is 1.60. The fraction of sp³-hybridized carbons (Fsp3) is 0.407. The lowest BCUT2D eigenvalue weighted by Gasteiger charge is -2.22. The minimum Gasteiger partial charge on any atom is -0.443 e. The Labute approximate surface area is 239 Å². The Morgan fingerprint density at radius 3 is 2.60 bits per heavy atom. The van der Waals surface area contributed by atoms with E-state index in [4.69, 9.17) is 32.8 Å². The van der Waals surface area contributed by atoms with E-state index in [2.05, 4.69) is 15.4 Å². The van der Waals surface area contributed by atoms with Crippen LogP contribution in [0.3, 0.4) is 0 Å². The molecule has 1 aliphatic rings. The van der Waals surface area contributed by atoms with Crippen molar-refractivity contribution in [3.8, 4) is 11.1 Å². The summed E-state index contributed by atoms with van der Waals surface area (Å²) in [6.07, 6.45) is 5.26. The van der Waals surface area contributed by atoms with Gasteiger partial charge in [-0.1, -0.05) is 23.2 Å². The van der Waals surface area contributed by atoms with Gasteiger partial charge in [0.2, 0.25) is 0 Å². The van der Waals surface area contributed by atoms with Crippen molar-refractivity contribution >= 4 is 40.5 Å². The molecule has 40 heavy (non-hydrogen) atoms. The SMILES string of the molecule is CC(On1c(=O)n(C(=O)OC(C)(C)C)c2ncc(-c3cnn(C4CCNCC4)c3)cc21)c1c(Cl)ccc(F)c1Cl. The minimum atomic E-state index is -0.975. The largest absolute Gasteiger partial charge is 0.443 e. The molecule has 1 aliphatic heterocycles. The topological polar surface area (TPSA) is 105 Å². The minimum absolute atomic E-state index is 0.0254. The molecule has 0 radical (unpaired) electrons. The van der Waals surface area contributed by atoms with Crippen molar-refractivity contribution in [2.45, 2.75) is 58.3 Å². The van der Waals surface area contributed by atoms with Crippen LogP contribution in [0.15, 0.2) is 41.6 Å². The van der Waals surface area contributed by atoms with Gasteiger partial charge in [-0.3, -0.25) is 4.68 Å². The molecule has 3 aromatic heterocycles. The molecule has 0 amide bonds. The van der Waals surface area contributed by atoms with Crippen molar-refractivity contribution in [3.05, 3.63) is 68.7 Å². The van der Waals surface area contributed by atoms with E-state index in [-0.39, 0.29) is 32.8 Å². The number of rotatable bonds is 5. The molecule has 1 aromatic carbocycles. The summed E-state index contributed by atoms with van der Waals surface area (Å²) in [6.45, 7) is 8.48. The van der Waals surface area contributed by atoms with Gasteiger partial charge < -0.3 is 14.9 Å². The van der Waals surface area contributed by atoms with Gasteiger partial charge in [0.25, 0.3) is 0 Å². The summed E-state index contributed by atoms with van der Waals surface area (Å²) in [4.78, 5) is 37.1. The molecule has 212 valence electrons. The number of hydrogen-bond donors (Lipinski definition) is 1. The Hall–Kier alpha value is -3.41. The second-order valence-electron chi connectivity index (χ2n) is 10.7. The van der Waals surface area contributed by atoms with Crippen molar-refractivity contribution in [3.63, 3.8) is 0 Å². The fourth-order valence-corrected chi connectivity index (χ4v) is 5.35. The van der Waals surface area contributed by atoms with Crippen LogP contribution in [0.1, 0.15) is 58.2 Å². The fourth-order valence-electron chi connectivity index (χ4n) is 4.67. The maximum absolute atomic E-state index is 14.2. The van der Waals surface area contributed by atoms with Crippen LogP contribution in [0.4, 0.5) is 9.18 Å². The second kappa shape index (κ2) is 10.9. The number of halogens is 3. The zero-order valence-electron chi connectivity index (χ0n) is 22.5. The number of piperidine rings is 1. The van der Waals surface area contributed by atoms with Crippen molar-refractivity contribution in [1.82, 2.24) is 29.4 Å². The number of ether oxygens (including phenoxy) is 1. The summed E-state index contributed by atoms with van der Waals surface area (Å²) in [5.41, 5.74) is 0.0821. The van der Waals surface area contributed by atoms with Crippen molar-refractivity contribution in [2.75, 3.05) is 13.1 Å². The molecule has 1 N–H and O–H groups in total. The number of hydrogen-bond acceptors (Lipinski definition) is 7. The maximum Gasteiger partial charge on any atom is 0.424 e. The number of carbonyl (C=O) groups is 1. The predicted molar refractivity (Wildman–Crippen MR) is 149 cm³/mol. The molecule has 1 unspecified atom stereocenters. The van der Waals surface area contributed by atoms with E-state index in [0.717, 1.165) is 46.9 Å². The highest BCUT2D eigenvalue weighted by Gasteiger charge is 2.28. The first-order valence-corrected chi connectivity index (χ1v) is 13.6. The molecule has 1 fully saturated rings. The third kappa shape index (κ3) is 5.45. The lowest BCUT2D eigenvalue weighted by molar-refractivity contribution is 0.0402. The molecule has 4 aromatic rings. The number of nitrogens with zero attached hydrogens (tertiary/aromatic N) is 5. The zero-order valence-corrected chi connectivity index (χ0v) is 24.0. The lowest BCUT2D eigenvalue weighted by atomic mass is 10.1. The molecule has 13 heteroatoms. The molecule has 0 bridgehead atoms. The van der Waals surface area contributed by atoms with Gasteiger partial charge in [0, 0.05) is 34.1 Å². The first-order chi connectivity index (χ1) is 18.9. The number of fused-ring (bicyclic) bond motifs is 1. The maximum atomic E-state index is 14.2. The summed E-state index contributed by atoms with van der Waals surface area (Å²) in [6, 6.07) is 4.45. The van der Waals surface area contributed by atoms with Crippen LogP contribution in [-0.2, 0) is 4.74 Å². The molecular formula is C27H29Cl2FN6O4. The van der Waals surface area contributed by atoms with Crippen molar-refractivity contribution in [2.24, 2.45) is 0 Å². The van der Waals surface area contributed by atoms with Crippen LogP contribution < -0.4 is 15.8 Å². The van der Waals surface area contributed by atoms with Crippen molar-refractivity contribution in [1.29, 1.82) is 0 Å². The van der Waals surface area contributed by atoms with E-state index in [1.54, 1.807) is 46.2 Å². The molecule has 4 heterocycles. The molecule has 1 atom stereocenters. The smallest absolute Gasteiger partial charge is 0.424 e. The zero-order chi connectivity index (χ0) is 28.8. The van der Waals surface area contributed by atoms with Gasteiger partial charge in [-0.25, -0.2) is 19.0 Å². The summed E-state index contributed by atoms with van der Waals surface area (Å²) in [5, 5.41) is 7.82. The first kappa shape index (κ1) is 28.1. The number of imidazole rings is 1. The van der Waals surface area contributed by atoms with E-state index in [1.807, 2.05) is 10.9 Å². The number of carbonyl (C=O) groups excluding carboxylic acids is 1. The molecule has 10 nitrogen and oxygen atoms in total. The number of pyridine rings is 1. The van der Waals surface area contributed by atoms with Crippen LogP contribution in [0.5, 0.6) is 0 Å². The Morgan fingerprint density at radius 2 is 1.90 bits per heavy atom. The highest BCUT2D eigenvalue weighted by Crippen LogP contribution is 2.33. The van der Waals surface area contributed by atoms with Crippen LogP contribution in [0.25, 0.3) is 22.3 Å². The summed E-state index contributed by atoms with van der Waals surface area (Å²) < 4.78 is 23.4. The third-order valence-electron chi connectivity index (χ3n) is 6.59. The first-order valence-electron chi connectivity index (χ1n) is 12.9. The van der Waals surface area contributed by atoms with Crippen LogP contribution in [-0.4, -0.2) is 48.8 Å². The van der Waals surface area contributed by atoms with Crippen LogP contribution in [0.2, 0.25) is 10.0 Å². The highest BCUT2D eigenvalue weighted by molar-refractivity contribution is 6.36. The Bertz CT molecular complexity index is 1630. The monoisotopic (exact) mass is 590 g/mol. The predicted octanol–water partition coefficient (Wildman–Crippen LogP) is 5.40. The number of benzene rings is 1. The van der Waals surface area contributed by atoms with Crippen LogP contribution >= 0.6 is 23.2 Å². The molecule has 5 rings (SSSR count). The number of aromatic nitrogens is 5. The van der Waals surface area contributed by atoms with Gasteiger partial charge in [0.1, 0.15) is 16.9 Å². The standard InChI is InChI=1S/C27H29Cl2FN6O4/c1-15(22-19(28)5-6-20(30)23(22)29)40-36-21-11-16(17-13-33-34(14-17)18-7-9-31-10-8-18)12-32-24(21)35(25(36)37)26(38)39-27(2,3)4/h5-6,11-15,18,31H,7-10H2,1-4H3. The van der Waals surface area contributed by atoms with Gasteiger partial charge in [0.05, 0.1) is 17.3 Å². The molecule has 0 saturated carbocycles. The third-order valence-corrected chi connectivity index (χ3v) is 7.30. The lowest BCUT2D eigenvalue weighted by Crippen LogP contribution is -2.36. The van der Waals surface area contributed by atoms with Gasteiger partial charge in [-0.05, 0) is 71.8 Å². The van der Waals surface area contributed by atoms with E-state index in [1.165, 1.54) is 6.07 Å². The van der Waals surface area contributed by atoms with E-state index < -0.39 is 29.3 Å². The molecular weight excluding hydrogens is 562 g/mol. The van der Waals surface area contributed by atoms with Crippen molar-refractivity contribution < 1.29 is 18.8 Å². The molecule has 0 aliphatic carbocycles. The van der Waals surface area contributed by atoms with Gasteiger partial charge >= 0.3 is 11.8 Å². The number of nitrogens with one attached hydrogen (secondary N) is 1. The van der Waals surface area contributed by atoms with Gasteiger partial charge in [0.15, 0.2) is 11.8 Å². The normalized spacial score (nSPS) is 15.4. The Kier molecular flexibility index (Phi) is 7.64. The van der Waals surface area contributed by atoms with Crippen LogP contribution in [0, 0.1) is 5.82 Å². The van der Waals surface area contributed by atoms with E-state index in [0.29, 0.717) is 5.56 Å². The quantitative estimate of drug-likeness (QED) is 0.310.